The standard InChI is InChI=1S/C14H17N3O4/c1-18-11-5-3-4-9(12(11)19-2)14-16-13(17-21-14)10-8-20-7-6-15-10/h3-5,10,15H,6-8H2,1-2H3. The lowest BCUT2D eigenvalue weighted by molar-refractivity contribution is 0.0734. The molecular weight excluding hydrogens is 274 g/mol. The summed E-state index contributed by atoms with van der Waals surface area (Å²) in [7, 11) is 3.17. The molecule has 1 atom stereocenters. The van der Waals surface area contributed by atoms with Crippen molar-refractivity contribution in [2.45, 2.75) is 6.04 Å². The lowest BCUT2D eigenvalue weighted by Crippen LogP contribution is -2.35. The number of rotatable bonds is 4. The third-order valence-electron chi connectivity index (χ3n) is 3.31. The molecule has 0 spiro atoms. The van der Waals surface area contributed by atoms with Crippen LogP contribution >= 0.6 is 0 Å². The summed E-state index contributed by atoms with van der Waals surface area (Å²) in [6.07, 6.45) is 0. The number of methoxy groups -OCH3 is 2. The second-order valence-corrected chi connectivity index (χ2v) is 4.58. The summed E-state index contributed by atoms with van der Waals surface area (Å²) in [6, 6.07) is 5.47. The highest BCUT2D eigenvalue weighted by molar-refractivity contribution is 5.67. The van der Waals surface area contributed by atoms with Crippen LogP contribution in [0.15, 0.2) is 22.7 Å². The molecule has 0 saturated carbocycles. The summed E-state index contributed by atoms with van der Waals surface area (Å²) in [5.74, 6) is 2.17. The Kier molecular flexibility index (Phi) is 4.03. The number of benzene rings is 1. The summed E-state index contributed by atoms with van der Waals surface area (Å²) >= 11 is 0. The van der Waals surface area contributed by atoms with Crippen LogP contribution in [-0.2, 0) is 4.74 Å². The third-order valence-corrected chi connectivity index (χ3v) is 3.31. The van der Waals surface area contributed by atoms with Crippen LogP contribution in [0.2, 0.25) is 0 Å². The van der Waals surface area contributed by atoms with Crippen LogP contribution in [0.5, 0.6) is 11.5 Å². The van der Waals surface area contributed by atoms with Gasteiger partial charge in [0.2, 0.25) is 0 Å². The Hall–Kier alpha value is -2.12. The predicted molar refractivity (Wildman–Crippen MR) is 74.4 cm³/mol. The van der Waals surface area contributed by atoms with Gasteiger partial charge in [-0.1, -0.05) is 11.2 Å². The largest absolute Gasteiger partial charge is 0.493 e. The number of ether oxygens (including phenoxy) is 3. The van der Waals surface area contributed by atoms with Crippen molar-refractivity contribution in [1.82, 2.24) is 15.5 Å². The Morgan fingerprint density at radius 3 is 2.90 bits per heavy atom. The van der Waals surface area contributed by atoms with E-state index in [-0.39, 0.29) is 6.04 Å². The van der Waals surface area contributed by atoms with E-state index >= 15 is 0 Å². The average Bonchev–Trinajstić information content (AvgIpc) is 3.04. The number of para-hydroxylation sites is 1. The van der Waals surface area contributed by atoms with Crippen molar-refractivity contribution >= 4 is 0 Å². The van der Waals surface area contributed by atoms with E-state index in [4.69, 9.17) is 18.7 Å². The van der Waals surface area contributed by atoms with Gasteiger partial charge in [0.1, 0.15) is 0 Å². The molecule has 1 aromatic carbocycles. The normalized spacial score (nSPS) is 18.5. The van der Waals surface area contributed by atoms with Crippen molar-refractivity contribution < 1.29 is 18.7 Å². The summed E-state index contributed by atoms with van der Waals surface area (Å²) in [6.45, 7) is 2.01. The number of aromatic nitrogens is 2. The molecule has 0 bridgehead atoms. The molecule has 2 heterocycles. The maximum atomic E-state index is 5.40. The maximum Gasteiger partial charge on any atom is 0.261 e. The molecule has 1 N–H and O–H groups in total. The maximum absolute atomic E-state index is 5.40. The van der Waals surface area contributed by atoms with Crippen molar-refractivity contribution in [3.8, 4) is 23.0 Å². The van der Waals surface area contributed by atoms with Gasteiger partial charge in [0.05, 0.1) is 39.0 Å². The van der Waals surface area contributed by atoms with E-state index in [0.29, 0.717) is 42.0 Å². The molecule has 1 fully saturated rings. The van der Waals surface area contributed by atoms with Gasteiger partial charge in [-0.3, -0.25) is 0 Å². The fourth-order valence-corrected chi connectivity index (χ4v) is 2.27. The quantitative estimate of drug-likeness (QED) is 0.912. The number of nitrogens with zero attached hydrogens (tertiary/aromatic N) is 2. The van der Waals surface area contributed by atoms with E-state index in [9.17, 15) is 0 Å². The highest BCUT2D eigenvalue weighted by Crippen LogP contribution is 2.37. The van der Waals surface area contributed by atoms with Gasteiger partial charge >= 0.3 is 0 Å². The van der Waals surface area contributed by atoms with Gasteiger partial charge in [-0.2, -0.15) is 4.98 Å². The van der Waals surface area contributed by atoms with Gasteiger partial charge in [-0.25, -0.2) is 0 Å². The first kappa shape index (κ1) is 13.8. The van der Waals surface area contributed by atoms with E-state index in [1.807, 2.05) is 18.2 Å². The van der Waals surface area contributed by atoms with Crippen LogP contribution in [0.1, 0.15) is 11.9 Å². The van der Waals surface area contributed by atoms with Crippen molar-refractivity contribution in [3.63, 3.8) is 0 Å². The third kappa shape index (κ3) is 2.70. The smallest absolute Gasteiger partial charge is 0.261 e. The molecule has 0 amide bonds. The van der Waals surface area contributed by atoms with Crippen molar-refractivity contribution in [2.75, 3.05) is 34.0 Å². The monoisotopic (exact) mass is 291 g/mol. The van der Waals surface area contributed by atoms with Crippen LogP contribution in [0.3, 0.4) is 0 Å². The summed E-state index contributed by atoms with van der Waals surface area (Å²) in [5.41, 5.74) is 0.701. The number of morpholine rings is 1. The van der Waals surface area contributed by atoms with Crippen molar-refractivity contribution in [3.05, 3.63) is 24.0 Å². The van der Waals surface area contributed by atoms with Crippen LogP contribution in [-0.4, -0.2) is 44.1 Å². The first-order chi connectivity index (χ1) is 10.3. The van der Waals surface area contributed by atoms with Crippen LogP contribution in [0.25, 0.3) is 11.5 Å². The second-order valence-electron chi connectivity index (χ2n) is 4.58. The van der Waals surface area contributed by atoms with E-state index in [1.54, 1.807) is 14.2 Å². The van der Waals surface area contributed by atoms with E-state index in [2.05, 4.69) is 15.5 Å². The molecule has 7 heteroatoms. The zero-order chi connectivity index (χ0) is 14.7. The molecule has 2 aromatic rings. The fraction of sp³-hybridized carbons (Fsp3) is 0.429. The Balaban J connectivity index is 1.92. The van der Waals surface area contributed by atoms with Crippen molar-refractivity contribution in [1.29, 1.82) is 0 Å². The number of nitrogens with one attached hydrogen (secondary N) is 1. The lowest BCUT2D eigenvalue weighted by Gasteiger charge is -2.20. The zero-order valence-electron chi connectivity index (χ0n) is 12.0. The summed E-state index contributed by atoms with van der Waals surface area (Å²) in [4.78, 5) is 4.43. The summed E-state index contributed by atoms with van der Waals surface area (Å²) in [5, 5.41) is 7.31. The second kappa shape index (κ2) is 6.11. The Bertz CT molecular complexity index is 608. The first-order valence-corrected chi connectivity index (χ1v) is 6.69. The van der Waals surface area contributed by atoms with Gasteiger partial charge in [-0.05, 0) is 12.1 Å². The minimum atomic E-state index is -0.0483. The molecule has 112 valence electrons. The van der Waals surface area contributed by atoms with Gasteiger partial charge in [0, 0.05) is 6.54 Å². The fourth-order valence-electron chi connectivity index (χ4n) is 2.27. The SMILES string of the molecule is COc1cccc(-c2nc(C3COCCN3)no2)c1OC. The van der Waals surface area contributed by atoms with E-state index in [1.165, 1.54) is 0 Å². The Morgan fingerprint density at radius 1 is 1.29 bits per heavy atom. The highest BCUT2D eigenvalue weighted by atomic mass is 16.5. The van der Waals surface area contributed by atoms with E-state index in [0.717, 1.165) is 6.54 Å². The molecule has 1 aromatic heterocycles. The first-order valence-electron chi connectivity index (χ1n) is 6.69. The molecule has 0 radical (unpaired) electrons. The minimum absolute atomic E-state index is 0.0483. The number of hydrogen-bond donors (Lipinski definition) is 1. The molecule has 1 aliphatic rings. The molecular formula is C14H17N3O4. The van der Waals surface area contributed by atoms with Crippen LogP contribution < -0.4 is 14.8 Å². The van der Waals surface area contributed by atoms with Crippen molar-refractivity contribution in [2.24, 2.45) is 0 Å². The summed E-state index contributed by atoms with van der Waals surface area (Å²) < 4.78 is 21.4. The van der Waals surface area contributed by atoms with Gasteiger partial charge < -0.3 is 24.1 Å². The average molecular weight is 291 g/mol. The molecule has 1 unspecified atom stereocenters. The molecule has 0 aliphatic carbocycles. The Labute approximate surface area is 122 Å². The number of hydrogen-bond acceptors (Lipinski definition) is 7. The topological polar surface area (TPSA) is 78.6 Å². The highest BCUT2D eigenvalue weighted by Gasteiger charge is 2.23. The lowest BCUT2D eigenvalue weighted by atomic mass is 10.2. The molecule has 1 saturated heterocycles. The predicted octanol–water partition coefficient (Wildman–Crippen LogP) is 1.41. The van der Waals surface area contributed by atoms with Crippen LogP contribution in [0.4, 0.5) is 0 Å². The molecule has 7 nitrogen and oxygen atoms in total. The van der Waals surface area contributed by atoms with Gasteiger partial charge in [-0.15, -0.1) is 0 Å². The minimum Gasteiger partial charge on any atom is -0.493 e. The van der Waals surface area contributed by atoms with E-state index < -0.39 is 0 Å². The molecule has 3 rings (SSSR count). The zero-order valence-corrected chi connectivity index (χ0v) is 12.0. The van der Waals surface area contributed by atoms with Gasteiger partial charge in [0.15, 0.2) is 17.3 Å². The van der Waals surface area contributed by atoms with Crippen LogP contribution in [0, 0.1) is 0 Å². The molecule has 21 heavy (non-hydrogen) atoms. The Morgan fingerprint density at radius 2 is 2.19 bits per heavy atom. The van der Waals surface area contributed by atoms with Gasteiger partial charge in [0.25, 0.3) is 5.89 Å². The molecule has 1 aliphatic heterocycles.